The Morgan fingerprint density at radius 3 is 1.56 bits per heavy atom. The van der Waals surface area contributed by atoms with Gasteiger partial charge < -0.3 is 4.57 Å². The van der Waals surface area contributed by atoms with Crippen molar-refractivity contribution in [2.45, 2.75) is 0 Å². The molecule has 11 aromatic rings. The molecule has 0 bridgehead atoms. The van der Waals surface area contributed by atoms with Crippen LogP contribution in [0.1, 0.15) is 0 Å². The molecule has 0 radical (unpaired) electrons. The topological polar surface area (TPSA) is 43.6 Å². The van der Waals surface area contributed by atoms with Gasteiger partial charge in [0.25, 0.3) is 0 Å². The third-order valence-corrected chi connectivity index (χ3v) is 11.0. The Morgan fingerprint density at radius 2 is 0.842 bits per heavy atom. The van der Waals surface area contributed by atoms with E-state index in [0.29, 0.717) is 5.82 Å². The van der Waals surface area contributed by atoms with Crippen LogP contribution in [0.15, 0.2) is 206 Å². The highest BCUT2D eigenvalue weighted by Gasteiger charge is 2.20. The second kappa shape index (κ2) is 13.6. The molecule has 0 amide bonds. The van der Waals surface area contributed by atoms with Crippen LogP contribution in [0.5, 0.6) is 0 Å². The van der Waals surface area contributed by atoms with Gasteiger partial charge in [-0.15, -0.1) is 0 Å². The number of fused-ring (bicyclic) bond motifs is 7. The van der Waals surface area contributed by atoms with E-state index in [9.17, 15) is 0 Å². The summed E-state index contributed by atoms with van der Waals surface area (Å²) in [5.41, 5.74) is 13.6. The molecule has 4 heteroatoms. The first-order valence-corrected chi connectivity index (χ1v) is 19.3. The lowest BCUT2D eigenvalue weighted by Crippen LogP contribution is -1.96. The Morgan fingerprint density at radius 1 is 0.316 bits per heavy atom. The number of rotatable bonds is 6. The van der Waals surface area contributed by atoms with Gasteiger partial charge >= 0.3 is 0 Å². The van der Waals surface area contributed by atoms with Gasteiger partial charge in [0.2, 0.25) is 0 Å². The van der Waals surface area contributed by atoms with E-state index in [0.717, 1.165) is 66.9 Å². The van der Waals surface area contributed by atoms with E-state index in [1.54, 1.807) is 0 Å². The van der Waals surface area contributed by atoms with Gasteiger partial charge in [-0.1, -0.05) is 170 Å². The van der Waals surface area contributed by atoms with Gasteiger partial charge in [0, 0.05) is 54.9 Å². The van der Waals surface area contributed by atoms with E-state index in [1.807, 2.05) is 24.3 Å². The summed E-state index contributed by atoms with van der Waals surface area (Å²) in [7, 11) is 0. The number of hydrogen-bond acceptors (Lipinski definition) is 3. The molecular formula is C53H34N4. The van der Waals surface area contributed by atoms with Gasteiger partial charge in [-0.2, -0.15) is 0 Å². The maximum Gasteiger partial charge on any atom is 0.160 e. The van der Waals surface area contributed by atoms with E-state index < -0.39 is 0 Å². The second-order valence-electron chi connectivity index (χ2n) is 14.4. The van der Waals surface area contributed by atoms with Crippen molar-refractivity contribution in [3.05, 3.63) is 206 Å². The van der Waals surface area contributed by atoms with Crippen LogP contribution >= 0.6 is 0 Å². The third kappa shape index (κ3) is 5.66. The van der Waals surface area contributed by atoms with E-state index in [-0.39, 0.29) is 0 Å². The van der Waals surface area contributed by atoms with Crippen LogP contribution in [0.25, 0.3) is 105 Å². The fourth-order valence-corrected chi connectivity index (χ4v) is 8.30. The number of benzene rings is 8. The second-order valence-corrected chi connectivity index (χ2v) is 14.4. The van der Waals surface area contributed by atoms with Gasteiger partial charge in [0.05, 0.1) is 33.6 Å². The Hall–Kier alpha value is -7.69. The van der Waals surface area contributed by atoms with Gasteiger partial charge in [0.1, 0.15) is 0 Å². The number of aromatic nitrogens is 4. The molecule has 0 N–H and O–H groups in total. The minimum absolute atomic E-state index is 0.691. The average molecular weight is 727 g/mol. The van der Waals surface area contributed by atoms with Crippen molar-refractivity contribution < 1.29 is 0 Å². The first kappa shape index (κ1) is 32.7. The van der Waals surface area contributed by atoms with Gasteiger partial charge in [-0.05, 0) is 47.5 Å². The summed E-state index contributed by atoms with van der Waals surface area (Å²) < 4.78 is 2.38. The zero-order chi connectivity index (χ0) is 37.7. The Balaban J connectivity index is 1.06. The molecule has 0 spiro atoms. The van der Waals surface area contributed by atoms with E-state index >= 15 is 0 Å². The molecule has 3 heterocycles. The zero-order valence-electron chi connectivity index (χ0n) is 30.9. The van der Waals surface area contributed by atoms with Crippen molar-refractivity contribution in [1.29, 1.82) is 0 Å². The first-order valence-electron chi connectivity index (χ1n) is 19.3. The predicted molar refractivity (Wildman–Crippen MR) is 236 cm³/mol. The van der Waals surface area contributed by atoms with Crippen LogP contribution in [-0.4, -0.2) is 19.5 Å². The summed E-state index contributed by atoms with van der Waals surface area (Å²) in [4.78, 5) is 15.6. The van der Waals surface area contributed by atoms with Crippen LogP contribution in [0.4, 0.5) is 0 Å². The minimum atomic E-state index is 0.691. The van der Waals surface area contributed by atoms with E-state index in [2.05, 4.69) is 187 Å². The van der Waals surface area contributed by atoms with Crippen LogP contribution in [0.2, 0.25) is 0 Å². The highest BCUT2D eigenvalue weighted by Crippen LogP contribution is 2.42. The lowest BCUT2D eigenvalue weighted by molar-refractivity contribution is 1.18. The summed E-state index contributed by atoms with van der Waals surface area (Å²) in [6.45, 7) is 0. The quantitative estimate of drug-likeness (QED) is 0.160. The van der Waals surface area contributed by atoms with E-state index in [4.69, 9.17) is 15.0 Å². The molecule has 0 aliphatic heterocycles. The van der Waals surface area contributed by atoms with Crippen LogP contribution < -0.4 is 0 Å². The molecule has 0 atom stereocenters. The molecule has 0 aliphatic rings. The molecule has 0 unspecified atom stereocenters. The number of para-hydroxylation sites is 3. The largest absolute Gasteiger partial charge is 0.309 e. The van der Waals surface area contributed by atoms with Crippen molar-refractivity contribution >= 4 is 43.5 Å². The normalized spacial score (nSPS) is 11.5. The van der Waals surface area contributed by atoms with Crippen molar-refractivity contribution in [3.8, 4) is 62.0 Å². The number of pyridine rings is 1. The number of hydrogen-bond donors (Lipinski definition) is 0. The van der Waals surface area contributed by atoms with Crippen molar-refractivity contribution in [2.75, 3.05) is 0 Å². The van der Waals surface area contributed by atoms with Crippen molar-refractivity contribution in [2.24, 2.45) is 0 Å². The highest BCUT2D eigenvalue weighted by atomic mass is 15.0. The first-order chi connectivity index (χ1) is 28.3. The van der Waals surface area contributed by atoms with Gasteiger partial charge in [-0.25, -0.2) is 15.0 Å². The standard InChI is InChI=1S/C53H34N4/c1-4-14-35(15-5-1)36-24-30-40(31-25-36)53-55-46(37-16-6-2-7-17-37)34-47(56-53)38-26-28-39(29-27-38)52-44-32-33-49-51(50(44)42-20-10-12-22-45(42)54-52)43-21-11-13-23-48(43)57(49)41-18-8-3-9-19-41/h1-34H. The third-order valence-electron chi connectivity index (χ3n) is 11.0. The highest BCUT2D eigenvalue weighted by molar-refractivity contribution is 6.29. The molecule has 0 saturated heterocycles. The monoisotopic (exact) mass is 726 g/mol. The van der Waals surface area contributed by atoms with Gasteiger partial charge in [0.15, 0.2) is 5.82 Å². The Bertz CT molecular complexity index is 3240. The average Bonchev–Trinajstić information content (AvgIpc) is 3.64. The maximum absolute atomic E-state index is 5.33. The summed E-state index contributed by atoms with van der Waals surface area (Å²) in [6.07, 6.45) is 0. The molecule has 0 fully saturated rings. The zero-order valence-corrected chi connectivity index (χ0v) is 30.9. The van der Waals surface area contributed by atoms with Gasteiger partial charge in [-0.3, -0.25) is 0 Å². The SMILES string of the molecule is c1ccc(-c2ccc(-c3nc(-c4ccccc4)cc(-c4ccc(-c5nc6ccccc6c6c5ccc5c6c6ccccc6n5-c5ccccc5)cc4)n3)cc2)cc1. The fraction of sp³-hybridized carbons (Fsp3) is 0. The predicted octanol–water partition coefficient (Wildman–Crippen LogP) is 13.6. The maximum atomic E-state index is 5.33. The Kier molecular flexibility index (Phi) is 7.78. The molecule has 0 saturated carbocycles. The van der Waals surface area contributed by atoms with Crippen molar-refractivity contribution in [1.82, 2.24) is 19.5 Å². The number of nitrogens with zero attached hydrogens (tertiary/aromatic N) is 4. The van der Waals surface area contributed by atoms with Crippen LogP contribution in [0.3, 0.4) is 0 Å². The molecular weight excluding hydrogens is 693 g/mol. The molecule has 57 heavy (non-hydrogen) atoms. The lowest BCUT2D eigenvalue weighted by Gasteiger charge is -2.13. The fourth-order valence-electron chi connectivity index (χ4n) is 8.30. The smallest absolute Gasteiger partial charge is 0.160 e. The molecule has 11 rings (SSSR count). The lowest BCUT2D eigenvalue weighted by atomic mass is 9.95. The molecule has 8 aromatic carbocycles. The summed E-state index contributed by atoms with van der Waals surface area (Å²) in [5.74, 6) is 0.691. The Labute approximate surface area is 330 Å². The summed E-state index contributed by atoms with van der Waals surface area (Å²) in [6, 6.07) is 72.5. The van der Waals surface area contributed by atoms with Crippen LogP contribution in [-0.2, 0) is 0 Å². The molecule has 0 aliphatic carbocycles. The molecule has 3 aromatic heterocycles. The molecule has 266 valence electrons. The summed E-state index contributed by atoms with van der Waals surface area (Å²) >= 11 is 0. The summed E-state index contributed by atoms with van der Waals surface area (Å²) in [5, 5.41) is 5.95. The van der Waals surface area contributed by atoms with Crippen molar-refractivity contribution in [3.63, 3.8) is 0 Å². The van der Waals surface area contributed by atoms with Crippen LogP contribution in [0, 0.1) is 0 Å². The molecule has 4 nitrogen and oxygen atoms in total. The minimum Gasteiger partial charge on any atom is -0.309 e. The van der Waals surface area contributed by atoms with E-state index in [1.165, 1.54) is 32.8 Å².